The molecule has 21 heavy (non-hydrogen) atoms. The van der Waals surface area contributed by atoms with Crippen molar-refractivity contribution in [2.75, 3.05) is 31.1 Å². The van der Waals surface area contributed by atoms with E-state index in [1.807, 2.05) is 17.5 Å². The summed E-state index contributed by atoms with van der Waals surface area (Å²) < 4.78 is 0. The van der Waals surface area contributed by atoms with Gasteiger partial charge in [-0.15, -0.1) is 0 Å². The maximum absolute atomic E-state index is 4.65. The van der Waals surface area contributed by atoms with Crippen molar-refractivity contribution in [3.8, 4) is 10.4 Å². The summed E-state index contributed by atoms with van der Waals surface area (Å²) in [5, 5.41) is 1.18. The van der Waals surface area contributed by atoms with E-state index in [2.05, 4.69) is 45.1 Å². The Labute approximate surface area is 130 Å². The second-order valence-corrected chi connectivity index (χ2v) is 6.99. The van der Waals surface area contributed by atoms with Gasteiger partial charge in [-0.25, -0.2) is 4.98 Å². The van der Waals surface area contributed by atoms with Crippen molar-refractivity contribution in [3.63, 3.8) is 0 Å². The van der Waals surface area contributed by atoms with Crippen LogP contribution >= 0.6 is 11.3 Å². The molecule has 4 heteroatoms. The molecule has 0 atom stereocenters. The van der Waals surface area contributed by atoms with Crippen molar-refractivity contribution in [1.82, 2.24) is 9.88 Å². The summed E-state index contributed by atoms with van der Waals surface area (Å²) in [6.45, 7) is 4.65. The van der Waals surface area contributed by atoms with E-state index in [0.717, 1.165) is 19.1 Å². The molecule has 0 N–H and O–H groups in total. The summed E-state index contributed by atoms with van der Waals surface area (Å²) in [5.74, 6) is 0. The molecule has 0 unspecified atom stereocenters. The lowest BCUT2D eigenvalue weighted by Crippen LogP contribution is -2.52. The van der Waals surface area contributed by atoms with Gasteiger partial charge in [0.15, 0.2) is 5.13 Å². The van der Waals surface area contributed by atoms with Crippen LogP contribution in [0.4, 0.5) is 5.13 Å². The van der Waals surface area contributed by atoms with Gasteiger partial charge in [-0.1, -0.05) is 48.1 Å². The fourth-order valence-electron chi connectivity index (χ4n) is 3.18. The lowest BCUT2D eigenvalue weighted by molar-refractivity contribution is 0.120. The number of piperazine rings is 1. The van der Waals surface area contributed by atoms with Crippen molar-refractivity contribution < 1.29 is 0 Å². The first-order valence-corrected chi connectivity index (χ1v) is 8.72. The van der Waals surface area contributed by atoms with Gasteiger partial charge in [0.1, 0.15) is 0 Å². The van der Waals surface area contributed by atoms with Crippen LogP contribution in [0.2, 0.25) is 0 Å². The van der Waals surface area contributed by atoms with Crippen molar-refractivity contribution in [2.24, 2.45) is 0 Å². The minimum Gasteiger partial charge on any atom is -0.346 e. The monoisotopic (exact) mass is 299 g/mol. The highest BCUT2D eigenvalue weighted by Crippen LogP contribution is 2.32. The van der Waals surface area contributed by atoms with Crippen molar-refractivity contribution >= 4 is 16.5 Å². The van der Waals surface area contributed by atoms with E-state index in [1.54, 1.807) is 0 Å². The fraction of sp³-hybridized carbons (Fsp3) is 0.471. The topological polar surface area (TPSA) is 19.4 Å². The molecule has 1 aliphatic heterocycles. The molecule has 0 amide bonds. The Morgan fingerprint density at radius 2 is 1.76 bits per heavy atom. The molecule has 0 radical (unpaired) electrons. The molecule has 2 fully saturated rings. The standard InChI is InChI=1S/C17H21N3S/c1-2-5-14(6-3-1)16-13-18-17(21-16)20-11-9-19(10-12-20)15-7-4-8-15/h1-3,5-6,13,15H,4,7-12H2. The fourth-order valence-corrected chi connectivity index (χ4v) is 4.15. The van der Waals surface area contributed by atoms with E-state index >= 15 is 0 Å². The molecule has 2 aliphatic rings. The predicted octanol–water partition coefficient (Wildman–Crippen LogP) is 3.48. The van der Waals surface area contributed by atoms with E-state index in [0.29, 0.717) is 0 Å². The zero-order valence-electron chi connectivity index (χ0n) is 12.2. The molecule has 4 rings (SSSR count). The van der Waals surface area contributed by atoms with Crippen LogP contribution in [0.5, 0.6) is 0 Å². The highest BCUT2D eigenvalue weighted by molar-refractivity contribution is 7.18. The highest BCUT2D eigenvalue weighted by Gasteiger charge is 2.28. The molecule has 2 aromatic rings. The van der Waals surface area contributed by atoms with Crippen LogP contribution in [-0.4, -0.2) is 42.1 Å². The third-order valence-corrected chi connectivity index (χ3v) is 5.83. The SMILES string of the molecule is c1ccc(-c2cnc(N3CCN(C4CCC4)CC3)s2)cc1. The van der Waals surface area contributed by atoms with Gasteiger partial charge >= 0.3 is 0 Å². The first-order chi connectivity index (χ1) is 10.4. The van der Waals surface area contributed by atoms with E-state index in [-0.39, 0.29) is 0 Å². The molecule has 1 saturated carbocycles. The summed E-state index contributed by atoms with van der Waals surface area (Å²) in [6, 6.07) is 11.4. The van der Waals surface area contributed by atoms with Crippen LogP contribution in [0.1, 0.15) is 19.3 Å². The van der Waals surface area contributed by atoms with Crippen LogP contribution in [0.3, 0.4) is 0 Å². The molecule has 0 spiro atoms. The van der Waals surface area contributed by atoms with Crippen molar-refractivity contribution in [2.45, 2.75) is 25.3 Å². The minimum absolute atomic E-state index is 0.878. The van der Waals surface area contributed by atoms with Gasteiger partial charge in [0.05, 0.1) is 4.88 Å². The van der Waals surface area contributed by atoms with Gasteiger partial charge in [0, 0.05) is 38.4 Å². The largest absolute Gasteiger partial charge is 0.346 e. The average Bonchev–Trinajstić information content (AvgIpc) is 2.97. The van der Waals surface area contributed by atoms with E-state index in [1.165, 1.54) is 47.9 Å². The van der Waals surface area contributed by atoms with E-state index < -0.39 is 0 Å². The summed E-state index contributed by atoms with van der Waals surface area (Å²) in [5.41, 5.74) is 1.27. The molecule has 1 aromatic heterocycles. The molecule has 110 valence electrons. The Morgan fingerprint density at radius 3 is 2.43 bits per heavy atom. The quantitative estimate of drug-likeness (QED) is 0.865. The zero-order valence-corrected chi connectivity index (χ0v) is 13.1. The molecular formula is C17H21N3S. The summed E-state index contributed by atoms with van der Waals surface area (Å²) in [6.07, 6.45) is 6.27. The van der Waals surface area contributed by atoms with Gasteiger partial charge in [-0.05, 0) is 18.4 Å². The number of benzene rings is 1. The second kappa shape index (κ2) is 5.78. The second-order valence-electron chi connectivity index (χ2n) is 5.98. The third kappa shape index (κ3) is 2.70. The van der Waals surface area contributed by atoms with Crippen molar-refractivity contribution in [3.05, 3.63) is 36.5 Å². The highest BCUT2D eigenvalue weighted by atomic mass is 32.1. The normalized spacial score (nSPS) is 20.5. The minimum atomic E-state index is 0.878. The molecule has 1 saturated heterocycles. The molecule has 2 heterocycles. The zero-order chi connectivity index (χ0) is 14.1. The van der Waals surface area contributed by atoms with Gasteiger partial charge < -0.3 is 4.90 Å². The smallest absolute Gasteiger partial charge is 0.185 e. The summed E-state index contributed by atoms with van der Waals surface area (Å²) in [4.78, 5) is 11.0. The first kappa shape index (κ1) is 13.3. The molecule has 3 nitrogen and oxygen atoms in total. The number of hydrogen-bond acceptors (Lipinski definition) is 4. The Balaban J connectivity index is 1.42. The lowest BCUT2D eigenvalue weighted by atomic mass is 9.91. The van der Waals surface area contributed by atoms with E-state index in [9.17, 15) is 0 Å². The third-order valence-electron chi connectivity index (χ3n) is 4.73. The lowest BCUT2D eigenvalue weighted by Gasteiger charge is -2.42. The predicted molar refractivity (Wildman–Crippen MR) is 89.0 cm³/mol. The van der Waals surface area contributed by atoms with Crippen LogP contribution in [0, 0.1) is 0 Å². The van der Waals surface area contributed by atoms with Crippen molar-refractivity contribution in [1.29, 1.82) is 0 Å². The number of anilines is 1. The molecule has 0 bridgehead atoms. The van der Waals surface area contributed by atoms with Crippen LogP contribution in [0.25, 0.3) is 10.4 Å². The van der Waals surface area contributed by atoms with Gasteiger partial charge in [0.2, 0.25) is 0 Å². The number of thiazole rings is 1. The maximum Gasteiger partial charge on any atom is 0.185 e. The molecule has 1 aliphatic carbocycles. The van der Waals surface area contributed by atoms with Gasteiger partial charge in [0.25, 0.3) is 0 Å². The summed E-state index contributed by atoms with van der Waals surface area (Å²) >= 11 is 1.82. The molecular weight excluding hydrogens is 278 g/mol. The Bertz CT molecular complexity index is 583. The average molecular weight is 299 g/mol. The number of nitrogens with zero attached hydrogens (tertiary/aromatic N) is 3. The number of rotatable bonds is 3. The van der Waals surface area contributed by atoms with Crippen LogP contribution < -0.4 is 4.90 Å². The Hall–Kier alpha value is -1.39. The Kier molecular flexibility index (Phi) is 3.65. The Morgan fingerprint density at radius 1 is 1.00 bits per heavy atom. The van der Waals surface area contributed by atoms with Crippen LogP contribution in [0.15, 0.2) is 36.5 Å². The van der Waals surface area contributed by atoms with Gasteiger partial charge in [-0.2, -0.15) is 0 Å². The number of hydrogen-bond donors (Lipinski definition) is 0. The van der Waals surface area contributed by atoms with Gasteiger partial charge in [-0.3, -0.25) is 4.90 Å². The summed E-state index contributed by atoms with van der Waals surface area (Å²) in [7, 11) is 0. The number of aromatic nitrogens is 1. The van der Waals surface area contributed by atoms with E-state index in [4.69, 9.17) is 0 Å². The van der Waals surface area contributed by atoms with Crippen LogP contribution in [-0.2, 0) is 0 Å². The first-order valence-electron chi connectivity index (χ1n) is 7.90. The molecule has 1 aromatic carbocycles. The maximum atomic E-state index is 4.65.